The number of terminal acetylenes is 1. The molecule has 1 heteroatoms. The van der Waals surface area contributed by atoms with Gasteiger partial charge in [-0.2, -0.15) is 0 Å². The average molecular weight is 168 g/mol. The minimum Gasteiger partial charge on any atom is -0.141 e. The molecule has 0 aliphatic carbocycles. The molecule has 0 aliphatic heterocycles. The van der Waals surface area contributed by atoms with E-state index in [1.54, 1.807) is 6.08 Å². The third kappa shape index (κ3) is 46.5. The van der Waals surface area contributed by atoms with Gasteiger partial charge < -0.3 is 0 Å². The van der Waals surface area contributed by atoms with Crippen LogP contribution in [0, 0.1) is 12.8 Å². The molecule has 0 radical (unpaired) electrons. The predicted molar refractivity (Wildman–Crippen MR) is 59.7 cm³/mol. The third-order valence-corrected chi connectivity index (χ3v) is 0.551. The molecule has 1 atom stereocenters. The van der Waals surface area contributed by atoms with E-state index in [4.69, 9.17) is 0 Å². The zero-order valence-electron chi connectivity index (χ0n) is 7.33. The van der Waals surface area contributed by atoms with Crippen molar-refractivity contribution < 1.29 is 0 Å². The third-order valence-electron chi connectivity index (χ3n) is 0.551. The summed E-state index contributed by atoms with van der Waals surface area (Å²) in [4.78, 5) is 0. The highest BCUT2D eigenvalue weighted by atomic mass is 31.0. The Morgan fingerprint density at radius 2 is 1.55 bits per heavy atom. The molecule has 0 spiro atoms. The van der Waals surface area contributed by atoms with Crippen LogP contribution in [0.3, 0.4) is 0 Å². The molecule has 0 saturated carbocycles. The lowest BCUT2D eigenvalue weighted by Gasteiger charge is -1.65. The summed E-state index contributed by atoms with van der Waals surface area (Å²) < 4.78 is 0. The molecular formula is C10H17P. The fraction of sp³-hybridized carbons (Fsp3) is 0.200. The maximum Gasteiger partial charge on any atom is -0.0467 e. The highest BCUT2D eigenvalue weighted by molar-refractivity contribution is 7.15. The fourth-order valence-electron chi connectivity index (χ4n) is 0.254. The first-order chi connectivity index (χ1) is 5.41. The van der Waals surface area contributed by atoms with Crippen molar-refractivity contribution in [3.63, 3.8) is 0 Å². The summed E-state index contributed by atoms with van der Waals surface area (Å²) in [7, 11) is 2.42. The number of hydrogen-bond donors (Lipinski definition) is 0. The summed E-state index contributed by atoms with van der Waals surface area (Å²) in [5.41, 5.74) is 0. The first kappa shape index (κ1) is 16.7. The molecule has 0 aromatic rings. The molecule has 1 unspecified atom stereocenters. The Morgan fingerprint density at radius 1 is 1.09 bits per heavy atom. The van der Waals surface area contributed by atoms with Crippen molar-refractivity contribution >= 4 is 9.24 Å². The van der Waals surface area contributed by atoms with E-state index in [0.29, 0.717) is 0 Å². The average Bonchev–Trinajstić information content (AvgIpc) is 2.13. The maximum atomic E-state index is 4.00. The van der Waals surface area contributed by atoms with Crippen LogP contribution in [-0.4, -0.2) is 6.66 Å². The molecule has 62 valence electrons. The molecular weight excluding hydrogens is 151 g/mol. The van der Waals surface area contributed by atoms with E-state index in [2.05, 4.69) is 28.7 Å². The summed E-state index contributed by atoms with van der Waals surface area (Å²) in [5, 5.41) is 0. The van der Waals surface area contributed by atoms with E-state index in [0.717, 1.165) is 0 Å². The Kier molecular flexibility index (Phi) is 53.0. The minimum atomic E-state index is 1.75. The predicted octanol–water partition coefficient (Wildman–Crippen LogP) is 3.05. The summed E-state index contributed by atoms with van der Waals surface area (Å²) in [6, 6.07) is 0. The summed E-state index contributed by atoms with van der Waals surface area (Å²) >= 11 is 0. The Balaban J connectivity index is -0.000000138. The highest BCUT2D eigenvalue weighted by Crippen LogP contribution is 1.74. The first-order valence-corrected chi connectivity index (χ1v) is 4.38. The van der Waals surface area contributed by atoms with Gasteiger partial charge >= 0.3 is 0 Å². The van der Waals surface area contributed by atoms with Crippen molar-refractivity contribution in [1.29, 1.82) is 0 Å². The van der Waals surface area contributed by atoms with Crippen molar-refractivity contribution in [2.45, 2.75) is 6.92 Å². The van der Waals surface area contributed by atoms with Gasteiger partial charge in [0.05, 0.1) is 0 Å². The topological polar surface area (TPSA) is 0 Å². The number of hydrogen-bond acceptors (Lipinski definition) is 0. The van der Waals surface area contributed by atoms with Gasteiger partial charge in [0.2, 0.25) is 0 Å². The molecule has 0 aromatic carbocycles. The summed E-state index contributed by atoms with van der Waals surface area (Å²) in [5.74, 6) is 0. The van der Waals surface area contributed by atoms with Crippen molar-refractivity contribution in [1.82, 2.24) is 0 Å². The van der Waals surface area contributed by atoms with Gasteiger partial charge in [-0.15, -0.1) is 22.1 Å². The van der Waals surface area contributed by atoms with Gasteiger partial charge in [-0.25, -0.2) is 0 Å². The van der Waals surface area contributed by atoms with Gasteiger partial charge in [0.25, 0.3) is 0 Å². The Labute approximate surface area is 73.3 Å². The van der Waals surface area contributed by atoms with Gasteiger partial charge in [0, 0.05) is 0 Å². The molecule has 0 nitrogen and oxygen atoms in total. The van der Waals surface area contributed by atoms with Crippen molar-refractivity contribution in [2.24, 2.45) is 0 Å². The smallest absolute Gasteiger partial charge is 0.0467 e. The molecule has 0 bridgehead atoms. The minimum absolute atomic E-state index is 1.75. The van der Waals surface area contributed by atoms with Crippen molar-refractivity contribution in [3.8, 4) is 12.8 Å². The van der Waals surface area contributed by atoms with Gasteiger partial charge in [-0.1, -0.05) is 43.6 Å². The molecule has 0 amide bonds. The van der Waals surface area contributed by atoms with Crippen LogP contribution in [0.5, 0.6) is 0 Å². The Morgan fingerprint density at radius 3 is 1.82 bits per heavy atom. The second kappa shape index (κ2) is 35.0. The number of rotatable bonds is 2. The van der Waals surface area contributed by atoms with E-state index in [1.165, 1.54) is 0 Å². The van der Waals surface area contributed by atoms with E-state index in [9.17, 15) is 0 Å². The van der Waals surface area contributed by atoms with Gasteiger partial charge in [0.1, 0.15) is 0 Å². The van der Waals surface area contributed by atoms with Gasteiger partial charge in [-0.3, -0.25) is 0 Å². The van der Waals surface area contributed by atoms with Crippen molar-refractivity contribution in [3.05, 3.63) is 37.0 Å². The quantitative estimate of drug-likeness (QED) is 0.338. The lowest BCUT2D eigenvalue weighted by Crippen LogP contribution is -1.43. The first-order valence-electron chi connectivity index (χ1n) is 3.23. The van der Waals surface area contributed by atoms with Crippen LogP contribution < -0.4 is 0 Å². The zero-order valence-corrected chi connectivity index (χ0v) is 8.48. The fourth-order valence-corrected chi connectivity index (χ4v) is 0.254. The van der Waals surface area contributed by atoms with Crippen LogP contribution in [0.4, 0.5) is 0 Å². The van der Waals surface area contributed by atoms with Crippen LogP contribution >= 0.6 is 9.24 Å². The molecule has 0 N–H and O–H groups in total. The lowest BCUT2D eigenvalue weighted by atomic mass is 10.4. The van der Waals surface area contributed by atoms with Crippen LogP contribution in [0.2, 0.25) is 0 Å². The maximum absolute atomic E-state index is 4.00. The second-order valence-electron chi connectivity index (χ2n) is 1.15. The molecule has 0 fully saturated rings. The van der Waals surface area contributed by atoms with Crippen LogP contribution in [0.15, 0.2) is 37.0 Å². The van der Waals surface area contributed by atoms with Crippen LogP contribution in [0.25, 0.3) is 0 Å². The molecule has 11 heavy (non-hydrogen) atoms. The van der Waals surface area contributed by atoms with Crippen molar-refractivity contribution in [2.75, 3.05) is 6.66 Å². The standard InChI is InChI=1S/C7H10.C2H2.CH5P/c1-3-5-7-6-4-2;2*1-2/h3-7H,1H2,2H3;1-2H;2H2,1H3/b6-4-,7-5-;;. The molecule has 0 aliphatic rings. The largest absolute Gasteiger partial charge is 0.141 e. The zero-order chi connectivity index (χ0) is 9.54. The second-order valence-corrected chi connectivity index (χ2v) is 1.15. The monoisotopic (exact) mass is 168 g/mol. The van der Waals surface area contributed by atoms with E-state index >= 15 is 0 Å². The molecule has 0 heterocycles. The van der Waals surface area contributed by atoms with Gasteiger partial charge in [0.15, 0.2) is 0 Å². The summed E-state index contributed by atoms with van der Waals surface area (Å²) in [6.07, 6.45) is 17.5. The highest BCUT2D eigenvalue weighted by Gasteiger charge is 1.52. The summed E-state index contributed by atoms with van der Waals surface area (Å²) in [6.45, 7) is 7.41. The number of allylic oxidation sites excluding steroid dienone is 5. The van der Waals surface area contributed by atoms with E-state index < -0.39 is 0 Å². The molecule has 0 rings (SSSR count). The van der Waals surface area contributed by atoms with E-state index in [1.807, 2.05) is 37.9 Å². The molecule has 0 aromatic heterocycles. The SMILES string of the molecule is C#C.C=C/C=C\C=C/C.CP. The van der Waals surface area contributed by atoms with Gasteiger partial charge in [-0.05, 0) is 6.92 Å². The lowest BCUT2D eigenvalue weighted by molar-refractivity contribution is 1.73. The van der Waals surface area contributed by atoms with Crippen LogP contribution in [0.1, 0.15) is 6.92 Å². The Hall–Kier alpha value is -0.790. The normalized spacial score (nSPS) is 7.73. The van der Waals surface area contributed by atoms with Crippen LogP contribution in [-0.2, 0) is 0 Å². The Bertz CT molecular complexity index is 118. The van der Waals surface area contributed by atoms with E-state index in [-0.39, 0.29) is 0 Å². The molecule has 0 saturated heterocycles.